The third kappa shape index (κ3) is 3.01. The molecule has 0 aliphatic carbocycles. The van der Waals surface area contributed by atoms with E-state index < -0.39 is 0 Å². The van der Waals surface area contributed by atoms with Gasteiger partial charge in [-0.1, -0.05) is 36.4 Å². The van der Waals surface area contributed by atoms with E-state index in [9.17, 15) is 0 Å². The number of benzene rings is 1. The van der Waals surface area contributed by atoms with E-state index in [4.69, 9.17) is 5.73 Å². The minimum absolute atomic E-state index is 0.235. The normalized spacial score (nSPS) is 12.4. The van der Waals surface area contributed by atoms with E-state index in [1.807, 2.05) is 24.3 Å². The van der Waals surface area contributed by atoms with E-state index in [0.29, 0.717) is 6.54 Å². The van der Waals surface area contributed by atoms with Crippen molar-refractivity contribution >= 4 is 0 Å². The van der Waals surface area contributed by atoms with Gasteiger partial charge in [0.05, 0.1) is 0 Å². The van der Waals surface area contributed by atoms with Crippen molar-refractivity contribution in [1.29, 1.82) is 0 Å². The molecule has 0 saturated carbocycles. The van der Waals surface area contributed by atoms with Gasteiger partial charge in [0.2, 0.25) is 0 Å². The van der Waals surface area contributed by atoms with Gasteiger partial charge in [-0.15, -0.1) is 6.58 Å². The Morgan fingerprint density at radius 1 is 1.38 bits per heavy atom. The average Bonchev–Trinajstić information content (AvgIpc) is 2.21. The summed E-state index contributed by atoms with van der Waals surface area (Å²) in [6.45, 7) is 5.05. The standard InChI is InChI=1S/C11H16N2/c1-2-8-13-11(9-12)10-6-4-3-5-7-10/h2-7,11,13H,1,8-9,12H2. The van der Waals surface area contributed by atoms with Gasteiger partial charge in [0.1, 0.15) is 0 Å². The molecule has 2 heteroatoms. The zero-order chi connectivity index (χ0) is 9.52. The molecule has 1 aromatic carbocycles. The van der Waals surface area contributed by atoms with Crippen LogP contribution in [0, 0.1) is 0 Å². The fourth-order valence-electron chi connectivity index (χ4n) is 1.25. The van der Waals surface area contributed by atoms with E-state index in [1.54, 1.807) is 0 Å². The summed E-state index contributed by atoms with van der Waals surface area (Å²) in [6.07, 6.45) is 1.84. The highest BCUT2D eigenvalue weighted by molar-refractivity contribution is 5.19. The summed E-state index contributed by atoms with van der Waals surface area (Å²) in [5.74, 6) is 0. The Morgan fingerprint density at radius 2 is 2.08 bits per heavy atom. The van der Waals surface area contributed by atoms with Crippen molar-refractivity contribution in [3.8, 4) is 0 Å². The van der Waals surface area contributed by atoms with E-state index in [1.165, 1.54) is 5.56 Å². The van der Waals surface area contributed by atoms with Crippen molar-refractivity contribution in [3.63, 3.8) is 0 Å². The second-order valence-electron chi connectivity index (χ2n) is 2.90. The molecule has 0 heterocycles. The van der Waals surface area contributed by atoms with Gasteiger partial charge in [0, 0.05) is 19.1 Å². The summed E-state index contributed by atoms with van der Waals surface area (Å²) >= 11 is 0. The minimum Gasteiger partial charge on any atom is -0.329 e. The topological polar surface area (TPSA) is 38.0 Å². The van der Waals surface area contributed by atoms with Gasteiger partial charge in [-0.3, -0.25) is 0 Å². The van der Waals surface area contributed by atoms with Gasteiger partial charge in [-0.2, -0.15) is 0 Å². The van der Waals surface area contributed by atoms with Gasteiger partial charge in [0.15, 0.2) is 0 Å². The highest BCUT2D eigenvalue weighted by Crippen LogP contribution is 2.09. The van der Waals surface area contributed by atoms with E-state index in [0.717, 1.165) is 6.54 Å². The first-order valence-electron chi connectivity index (χ1n) is 4.47. The zero-order valence-electron chi connectivity index (χ0n) is 7.74. The predicted molar refractivity (Wildman–Crippen MR) is 56.4 cm³/mol. The smallest absolute Gasteiger partial charge is 0.0446 e. The van der Waals surface area contributed by atoms with Gasteiger partial charge in [-0.05, 0) is 5.56 Å². The average molecular weight is 176 g/mol. The number of hydrogen-bond acceptors (Lipinski definition) is 2. The quantitative estimate of drug-likeness (QED) is 0.667. The molecule has 0 aromatic heterocycles. The van der Waals surface area contributed by atoms with Crippen LogP contribution in [0.1, 0.15) is 11.6 Å². The Labute approximate surface area is 79.5 Å². The van der Waals surface area contributed by atoms with Crippen molar-refractivity contribution in [1.82, 2.24) is 5.32 Å². The molecule has 0 aliphatic heterocycles. The van der Waals surface area contributed by atoms with E-state index >= 15 is 0 Å². The fraction of sp³-hybridized carbons (Fsp3) is 0.273. The van der Waals surface area contributed by atoms with Crippen molar-refractivity contribution in [2.75, 3.05) is 13.1 Å². The molecule has 13 heavy (non-hydrogen) atoms. The molecule has 0 saturated heterocycles. The van der Waals surface area contributed by atoms with E-state index in [2.05, 4.69) is 24.0 Å². The van der Waals surface area contributed by atoms with Gasteiger partial charge < -0.3 is 11.1 Å². The lowest BCUT2D eigenvalue weighted by Crippen LogP contribution is -2.28. The van der Waals surface area contributed by atoms with E-state index in [-0.39, 0.29) is 6.04 Å². The fourth-order valence-corrected chi connectivity index (χ4v) is 1.25. The zero-order valence-corrected chi connectivity index (χ0v) is 7.74. The molecule has 0 spiro atoms. The van der Waals surface area contributed by atoms with Crippen molar-refractivity contribution in [2.45, 2.75) is 6.04 Å². The molecule has 1 rings (SSSR count). The second-order valence-corrected chi connectivity index (χ2v) is 2.90. The summed E-state index contributed by atoms with van der Waals surface area (Å²) in [6, 6.07) is 10.4. The van der Waals surface area contributed by atoms with Crippen LogP contribution in [-0.2, 0) is 0 Å². The Hall–Kier alpha value is -1.12. The van der Waals surface area contributed by atoms with Crippen LogP contribution in [0.15, 0.2) is 43.0 Å². The predicted octanol–water partition coefficient (Wildman–Crippen LogP) is 1.46. The molecular formula is C11H16N2. The van der Waals surface area contributed by atoms with Crippen LogP contribution < -0.4 is 11.1 Å². The molecular weight excluding hydrogens is 160 g/mol. The molecule has 1 aromatic rings. The summed E-state index contributed by atoms with van der Waals surface area (Å²) in [4.78, 5) is 0. The van der Waals surface area contributed by atoms with Gasteiger partial charge >= 0.3 is 0 Å². The SMILES string of the molecule is C=CCNC(CN)c1ccccc1. The lowest BCUT2D eigenvalue weighted by molar-refractivity contribution is 0.577. The first-order chi connectivity index (χ1) is 6.38. The van der Waals surface area contributed by atoms with Gasteiger partial charge in [-0.25, -0.2) is 0 Å². The molecule has 0 amide bonds. The Morgan fingerprint density at radius 3 is 2.62 bits per heavy atom. The molecule has 0 aliphatic rings. The third-order valence-corrected chi connectivity index (χ3v) is 1.95. The number of rotatable bonds is 5. The van der Waals surface area contributed by atoms with Crippen LogP contribution in [0.25, 0.3) is 0 Å². The molecule has 2 nitrogen and oxygen atoms in total. The first kappa shape index (κ1) is 9.96. The van der Waals surface area contributed by atoms with Crippen LogP contribution in [0.2, 0.25) is 0 Å². The second kappa shape index (κ2) is 5.51. The summed E-state index contributed by atoms with van der Waals surface area (Å²) < 4.78 is 0. The molecule has 1 atom stereocenters. The summed E-state index contributed by atoms with van der Waals surface area (Å²) in [7, 11) is 0. The number of nitrogens with one attached hydrogen (secondary N) is 1. The van der Waals surface area contributed by atoms with Crippen molar-refractivity contribution in [3.05, 3.63) is 48.6 Å². The third-order valence-electron chi connectivity index (χ3n) is 1.95. The number of nitrogens with two attached hydrogens (primary N) is 1. The lowest BCUT2D eigenvalue weighted by atomic mass is 10.1. The highest BCUT2D eigenvalue weighted by atomic mass is 14.9. The maximum absolute atomic E-state index is 5.65. The van der Waals surface area contributed by atoms with Crippen LogP contribution in [-0.4, -0.2) is 13.1 Å². The largest absolute Gasteiger partial charge is 0.329 e. The first-order valence-corrected chi connectivity index (χ1v) is 4.47. The van der Waals surface area contributed by atoms with Crippen LogP contribution in [0.3, 0.4) is 0 Å². The monoisotopic (exact) mass is 176 g/mol. The van der Waals surface area contributed by atoms with Gasteiger partial charge in [0.25, 0.3) is 0 Å². The van der Waals surface area contributed by atoms with Crippen LogP contribution >= 0.6 is 0 Å². The summed E-state index contributed by atoms with van der Waals surface area (Å²) in [5, 5.41) is 3.29. The molecule has 0 bridgehead atoms. The minimum atomic E-state index is 0.235. The molecule has 1 unspecified atom stereocenters. The van der Waals surface area contributed by atoms with Crippen molar-refractivity contribution in [2.24, 2.45) is 5.73 Å². The molecule has 0 fully saturated rings. The molecule has 70 valence electrons. The molecule has 0 radical (unpaired) electrons. The van der Waals surface area contributed by atoms with Crippen molar-refractivity contribution < 1.29 is 0 Å². The number of hydrogen-bond donors (Lipinski definition) is 2. The maximum atomic E-state index is 5.65. The Bertz CT molecular complexity index is 244. The highest BCUT2D eigenvalue weighted by Gasteiger charge is 2.05. The summed E-state index contributed by atoms with van der Waals surface area (Å²) in [5.41, 5.74) is 6.88. The van der Waals surface area contributed by atoms with Crippen LogP contribution in [0.4, 0.5) is 0 Å². The van der Waals surface area contributed by atoms with Crippen LogP contribution in [0.5, 0.6) is 0 Å². The molecule has 3 N–H and O–H groups in total. The Balaban J connectivity index is 2.61. The maximum Gasteiger partial charge on any atom is 0.0446 e. The Kier molecular flexibility index (Phi) is 4.23. The lowest BCUT2D eigenvalue weighted by Gasteiger charge is -2.15.